The number of oxime groups is 1. The van der Waals surface area contributed by atoms with Crippen LogP contribution in [-0.2, 0) is 9.63 Å². The number of carbonyl (C=O) groups is 1. The molecule has 0 radical (unpaired) electrons. The van der Waals surface area contributed by atoms with E-state index in [0.717, 1.165) is 18.4 Å². The molecule has 1 spiro atoms. The van der Waals surface area contributed by atoms with Gasteiger partial charge in [-0.05, 0) is 72.8 Å². The van der Waals surface area contributed by atoms with Crippen molar-refractivity contribution in [2.75, 3.05) is 7.11 Å². The van der Waals surface area contributed by atoms with Crippen molar-refractivity contribution in [2.45, 2.75) is 52.4 Å². The Morgan fingerprint density at radius 2 is 2.09 bits per heavy atom. The molecule has 0 N–H and O–H groups in total. The van der Waals surface area contributed by atoms with E-state index >= 15 is 0 Å². The first-order valence-electron chi connectivity index (χ1n) is 8.88. The van der Waals surface area contributed by atoms with E-state index in [0.29, 0.717) is 17.3 Å². The smallest absolute Gasteiger partial charge is 0.181 e. The van der Waals surface area contributed by atoms with Crippen molar-refractivity contribution < 1.29 is 9.63 Å². The minimum atomic E-state index is 0.0765. The lowest BCUT2D eigenvalue weighted by Crippen LogP contribution is -2.52. The molecular weight excluding hydrogens is 286 g/mol. The highest BCUT2D eigenvalue weighted by Crippen LogP contribution is 2.70. The summed E-state index contributed by atoms with van der Waals surface area (Å²) < 4.78 is 0. The molecule has 0 aliphatic heterocycles. The lowest BCUT2D eigenvalue weighted by molar-refractivity contribution is -0.115. The molecule has 3 fully saturated rings. The Morgan fingerprint density at radius 3 is 2.83 bits per heavy atom. The third-order valence-corrected chi connectivity index (χ3v) is 7.65. The molecule has 2 bridgehead atoms. The van der Waals surface area contributed by atoms with Crippen LogP contribution >= 0.6 is 0 Å². The van der Waals surface area contributed by atoms with Crippen LogP contribution in [0.5, 0.6) is 0 Å². The number of fused-ring (bicyclic) bond motifs is 3. The van der Waals surface area contributed by atoms with Crippen molar-refractivity contribution in [3.63, 3.8) is 0 Å². The zero-order valence-electron chi connectivity index (χ0n) is 14.5. The van der Waals surface area contributed by atoms with Gasteiger partial charge in [0, 0.05) is 5.41 Å². The number of ketones is 1. The second kappa shape index (κ2) is 4.58. The molecule has 3 saturated carbocycles. The summed E-state index contributed by atoms with van der Waals surface area (Å²) in [5.74, 6) is 1.08. The number of hydrogen-bond acceptors (Lipinski definition) is 3. The minimum absolute atomic E-state index is 0.0765. The van der Waals surface area contributed by atoms with Gasteiger partial charge in [-0.1, -0.05) is 31.7 Å². The quantitative estimate of drug-likeness (QED) is 0.535. The zero-order chi connectivity index (χ0) is 16.5. The van der Waals surface area contributed by atoms with E-state index < -0.39 is 0 Å². The molecule has 0 heterocycles. The van der Waals surface area contributed by atoms with Crippen molar-refractivity contribution in [1.82, 2.24) is 0 Å². The van der Waals surface area contributed by atoms with Crippen LogP contribution < -0.4 is 0 Å². The predicted octanol–water partition coefficient (Wildman–Crippen LogP) is 4.30. The van der Waals surface area contributed by atoms with Crippen LogP contribution in [0.2, 0.25) is 0 Å². The van der Waals surface area contributed by atoms with E-state index in [4.69, 9.17) is 4.84 Å². The minimum Gasteiger partial charge on any atom is -0.399 e. The summed E-state index contributed by atoms with van der Waals surface area (Å²) in [5.41, 5.74) is 2.72. The second-order valence-electron chi connectivity index (χ2n) is 8.77. The van der Waals surface area contributed by atoms with Gasteiger partial charge in [0.05, 0.1) is 5.71 Å². The molecule has 4 aliphatic rings. The van der Waals surface area contributed by atoms with Crippen molar-refractivity contribution in [2.24, 2.45) is 33.2 Å². The Kier molecular flexibility index (Phi) is 3.02. The summed E-state index contributed by atoms with van der Waals surface area (Å²) in [6, 6.07) is 0. The third-order valence-electron chi connectivity index (χ3n) is 7.65. The van der Waals surface area contributed by atoms with E-state index in [1.165, 1.54) is 31.4 Å². The SMILES string of the molecule is C=C1C(=O)C=C[C@]2(C)[C@@H]1CC[C@@]13C/C(=N\OC)[C@@](C)(CC[C@H]12)C3. The van der Waals surface area contributed by atoms with E-state index in [1.807, 2.05) is 0 Å². The second-order valence-corrected chi connectivity index (χ2v) is 8.77. The number of rotatable bonds is 1. The van der Waals surface area contributed by atoms with Crippen molar-refractivity contribution in [3.05, 3.63) is 24.3 Å². The van der Waals surface area contributed by atoms with E-state index in [2.05, 4.69) is 31.7 Å². The molecule has 0 unspecified atom stereocenters. The van der Waals surface area contributed by atoms with Crippen LogP contribution in [0.25, 0.3) is 0 Å². The van der Waals surface area contributed by atoms with Crippen LogP contribution in [0.4, 0.5) is 0 Å². The lowest BCUT2D eigenvalue weighted by Gasteiger charge is -2.59. The van der Waals surface area contributed by atoms with Crippen LogP contribution in [0.3, 0.4) is 0 Å². The number of allylic oxidation sites excluding steroid dienone is 3. The van der Waals surface area contributed by atoms with Gasteiger partial charge >= 0.3 is 0 Å². The maximum atomic E-state index is 12.1. The first kappa shape index (κ1) is 15.2. The molecule has 124 valence electrons. The van der Waals surface area contributed by atoms with Crippen molar-refractivity contribution >= 4 is 11.5 Å². The number of nitrogens with zero attached hydrogens (tertiary/aromatic N) is 1. The van der Waals surface area contributed by atoms with E-state index in [1.54, 1.807) is 13.2 Å². The predicted molar refractivity (Wildman–Crippen MR) is 91.1 cm³/mol. The topological polar surface area (TPSA) is 38.7 Å². The summed E-state index contributed by atoms with van der Waals surface area (Å²) in [6.07, 6.45) is 11.0. The Balaban J connectivity index is 1.77. The Bertz CT molecular complexity index is 648. The summed E-state index contributed by atoms with van der Waals surface area (Å²) in [6.45, 7) is 8.87. The molecule has 0 amide bonds. The van der Waals surface area contributed by atoms with Crippen LogP contribution in [0, 0.1) is 28.1 Å². The Hall–Kier alpha value is -1.38. The monoisotopic (exact) mass is 313 g/mol. The average molecular weight is 313 g/mol. The van der Waals surface area contributed by atoms with Gasteiger partial charge in [0.15, 0.2) is 5.78 Å². The van der Waals surface area contributed by atoms with Crippen molar-refractivity contribution in [3.8, 4) is 0 Å². The highest BCUT2D eigenvalue weighted by atomic mass is 16.6. The zero-order valence-corrected chi connectivity index (χ0v) is 14.5. The summed E-state index contributed by atoms with van der Waals surface area (Å²) >= 11 is 0. The molecule has 23 heavy (non-hydrogen) atoms. The fourth-order valence-corrected chi connectivity index (χ4v) is 6.61. The normalized spacial score (nSPS) is 50.0. The van der Waals surface area contributed by atoms with Gasteiger partial charge in [-0.15, -0.1) is 0 Å². The molecule has 5 atom stereocenters. The fourth-order valence-electron chi connectivity index (χ4n) is 6.61. The largest absolute Gasteiger partial charge is 0.399 e. The molecule has 4 rings (SSSR count). The Morgan fingerprint density at radius 1 is 1.30 bits per heavy atom. The molecule has 0 saturated heterocycles. The summed E-state index contributed by atoms with van der Waals surface area (Å²) in [5, 5.41) is 4.40. The van der Waals surface area contributed by atoms with Gasteiger partial charge in [-0.3, -0.25) is 4.79 Å². The summed E-state index contributed by atoms with van der Waals surface area (Å²) in [4.78, 5) is 17.2. The molecule has 4 aliphatic carbocycles. The number of hydrogen-bond donors (Lipinski definition) is 0. The number of carbonyl (C=O) groups excluding carboxylic acids is 1. The fraction of sp³-hybridized carbons (Fsp3) is 0.700. The maximum Gasteiger partial charge on any atom is 0.181 e. The van der Waals surface area contributed by atoms with Gasteiger partial charge < -0.3 is 4.84 Å². The molecule has 0 aromatic carbocycles. The van der Waals surface area contributed by atoms with Crippen LogP contribution in [-0.4, -0.2) is 18.6 Å². The van der Waals surface area contributed by atoms with Crippen LogP contribution in [0.15, 0.2) is 29.5 Å². The standard InChI is InChI=1S/C20H27NO2/c1-13-14-5-10-20-11-17(21-23-4)18(2,12-20)8-7-16(20)19(14,3)9-6-15(13)22/h6,9,14,16H,1,5,7-8,10-12H2,2-4H3/b21-17+/t14-,16+,18+,19-,20+/m1/s1. The van der Waals surface area contributed by atoms with Gasteiger partial charge in [0.1, 0.15) is 7.11 Å². The molecule has 0 aromatic rings. The maximum absolute atomic E-state index is 12.1. The van der Waals surface area contributed by atoms with Crippen molar-refractivity contribution in [1.29, 1.82) is 0 Å². The Labute approximate surface area is 138 Å². The van der Waals surface area contributed by atoms with Gasteiger partial charge in [-0.25, -0.2) is 0 Å². The van der Waals surface area contributed by atoms with Gasteiger partial charge in [0.2, 0.25) is 0 Å². The third kappa shape index (κ3) is 1.82. The molecule has 3 heteroatoms. The molecular formula is C20H27NO2. The molecule has 0 aromatic heterocycles. The van der Waals surface area contributed by atoms with Crippen LogP contribution in [0.1, 0.15) is 52.4 Å². The van der Waals surface area contributed by atoms with Gasteiger partial charge in [0.25, 0.3) is 0 Å². The van der Waals surface area contributed by atoms with E-state index in [9.17, 15) is 4.79 Å². The molecule has 3 nitrogen and oxygen atoms in total. The van der Waals surface area contributed by atoms with E-state index in [-0.39, 0.29) is 16.6 Å². The van der Waals surface area contributed by atoms with Gasteiger partial charge in [-0.2, -0.15) is 0 Å². The first-order chi connectivity index (χ1) is 10.8. The first-order valence-corrected chi connectivity index (χ1v) is 8.88. The lowest BCUT2D eigenvalue weighted by atomic mass is 9.45. The average Bonchev–Trinajstić information content (AvgIpc) is 2.70. The highest BCUT2D eigenvalue weighted by molar-refractivity contribution is 6.05. The highest BCUT2D eigenvalue weighted by Gasteiger charge is 2.64. The summed E-state index contributed by atoms with van der Waals surface area (Å²) in [7, 11) is 1.66.